The van der Waals surface area contributed by atoms with Crippen molar-refractivity contribution in [3.05, 3.63) is 23.3 Å². The van der Waals surface area contributed by atoms with E-state index in [0.717, 1.165) is 11.4 Å². The summed E-state index contributed by atoms with van der Waals surface area (Å²) >= 11 is 0. The third-order valence-corrected chi connectivity index (χ3v) is 3.56. The van der Waals surface area contributed by atoms with Crippen LogP contribution >= 0.6 is 0 Å². The van der Waals surface area contributed by atoms with Gasteiger partial charge in [0, 0.05) is 19.1 Å². The molecule has 0 bridgehead atoms. The molecule has 0 saturated heterocycles. The lowest BCUT2D eigenvalue weighted by atomic mass is 10.0. The highest BCUT2D eigenvalue weighted by Gasteiger charge is 2.24. The van der Waals surface area contributed by atoms with Crippen LogP contribution in [0, 0.1) is 13.8 Å². The molecule has 3 nitrogen and oxygen atoms in total. The monoisotopic (exact) mass is 236 g/mol. The van der Waals surface area contributed by atoms with Gasteiger partial charge in [0.05, 0.1) is 12.8 Å². The van der Waals surface area contributed by atoms with Crippen LogP contribution in [0.4, 0.5) is 5.69 Å². The predicted octanol–water partition coefficient (Wildman–Crippen LogP) is 2.49. The van der Waals surface area contributed by atoms with Crippen LogP contribution in [0.25, 0.3) is 0 Å². The Balaban J connectivity index is 3.25. The van der Waals surface area contributed by atoms with Crippen molar-refractivity contribution < 1.29 is 4.74 Å². The molecule has 1 aromatic rings. The van der Waals surface area contributed by atoms with E-state index in [2.05, 4.69) is 51.8 Å². The van der Waals surface area contributed by atoms with E-state index >= 15 is 0 Å². The fourth-order valence-corrected chi connectivity index (χ4v) is 1.66. The maximum atomic E-state index is 5.82. The van der Waals surface area contributed by atoms with Gasteiger partial charge in [0.15, 0.2) is 0 Å². The molecule has 0 amide bonds. The summed E-state index contributed by atoms with van der Waals surface area (Å²) in [5.74, 6) is 0.900. The third-order valence-electron chi connectivity index (χ3n) is 3.56. The van der Waals surface area contributed by atoms with Crippen molar-refractivity contribution >= 4 is 5.69 Å². The van der Waals surface area contributed by atoms with Crippen molar-refractivity contribution in [2.24, 2.45) is 5.73 Å². The summed E-state index contributed by atoms with van der Waals surface area (Å²) in [6, 6.07) is 4.24. The number of hydrogen-bond donors (Lipinski definition) is 1. The van der Waals surface area contributed by atoms with E-state index in [0.29, 0.717) is 6.54 Å². The number of methoxy groups -OCH3 is 1. The first-order valence-corrected chi connectivity index (χ1v) is 5.92. The minimum atomic E-state index is -0.0883. The molecular weight excluding hydrogens is 212 g/mol. The fraction of sp³-hybridized carbons (Fsp3) is 0.571. The summed E-state index contributed by atoms with van der Waals surface area (Å²) in [4.78, 5) is 2.18. The summed E-state index contributed by atoms with van der Waals surface area (Å²) in [5.41, 5.74) is 9.33. The topological polar surface area (TPSA) is 38.5 Å². The highest BCUT2D eigenvalue weighted by atomic mass is 16.5. The second-order valence-electron chi connectivity index (χ2n) is 5.18. The highest BCUT2D eigenvalue weighted by molar-refractivity contribution is 5.62. The van der Waals surface area contributed by atoms with Gasteiger partial charge in [-0.15, -0.1) is 0 Å². The first-order chi connectivity index (χ1) is 7.83. The normalized spacial score (nSPS) is 11.5. The van der Waals surface area contributed by atoms with Crippen LogP contribution < -0.4 is 15.4 Å². The van der Waals surface area contributed by atoms with E-state index in [9.17, 15) is 0 Å². The highest BCUT2D eigenvalue weighted by Crippen LogP contribution is 2.33. The molecule has 2 N–H and O–H groups in total. The van der Waals surface area contributed by atoms with Gasteiger partial charge in [0.2, 0.25) is 0 Å². The standard InChI is InChI=1S/C14H24N2O/c1-10-7-12(13(17-6)8-11(10)2)16(5)14(3,4)9-15/h7-8H,9,15H2,1-6H3. The Hall–Kier alpha value is -1.22. The van der Waals surface area contributed by atoms with Gasteiger partial charge in [0.1, 0.15) is 5.75 Å². The van der Waals surface area contributed by atoms with Gasteiger partial charge in [0.25, 0.3) is 0 Å². The van der Waals surface area contributed by atoms with Crippen LogP contribution in [0.2, 0.25) is 0 Å². The second kappa shape index (κ2) is 4.96. The number of hydrogen-bond acceptors (Lipinski definition) is 3. The number of anilines is 1. The quantitative estimate of drug-likeness (QED) is 0.873. The molecule has 0 unspecified atom stereocenters. The molecule has 0 heterocycles. The van der Waals surface area contributed by atoms with Gasteiger partial charge in [-0.2, -0.15) is 0 Å². The van der Waals surface area contributed by atoms with E-state index < -0.39 is 0 Å². The van der Waals surface area contributed by atoms with E-state index in [-0.39, 0.29) is 5.54 Å². The van der Waals surface area contributed by atoms with Crippen molar-refractivity contribution in [3.63, 3.8) is 0 Å². The first-order valence-electron chi connectivity index (χ1n) is 5.92. The van der Waals surface area contributed by atoms with Crippen LogP contribution in [-0.4, -0.2) is 26.2 Å². The van der Waals surface area contributed by atoms with E-state index in [4.69, 9.17) is 10.5 Å². The Morgan fingerprint density at radius 3 is 2.24 bits per heavy atom. The number of nitrogens with two attached hydrogens (primary N) is 1. The first kappa shape index (κ1) is 13.8. The van der Waals surface area contributed by atoms with Crippen molar-refractivity contribution in [3.8, 4) is 5.75 Å². The number of rotatable bonds is 4. The number of likely N-dealkylation sites (N-methyl/N-ethyl adjacent to an activating group) is 1. The Labute approximate surface area is 105 Å². The molecule has 0 aliphatic rings. The molecule has 0 atom stereocenters. The average molecular weight is 236 g/mol. The zero-order valence-electron chi connectivity index (χ0n) is 11.8. The predicted molar refractivity (Wildman–Crippen MR) is 74.0 cm³/mol. The molecule has 1 aromatic carbocycles. The fourth-order valence-electron chi connectivity index (χ4n) is 1.66. The number of ether oxygens (including phenoxy) is 1. The van der Waals surface area contributed by atoms with Gasteiger partial charge in [-0.25, -0.2) is 0 Å². The van der Waals surface area contributed by atoms with Gasteiger partial charge in [-0.05, 0) is 51.0 Å². The Bertz CT molecular complexity index is 399. The minimum absolute atomic E-state index is 0.0883. The van der Waals surface area contributed by atoms with Gasteiger partial charge in [-0.1, -0.05) is 0 Å². The van der Waals surface area contributed by atoms with E-state index in [1.807, 2.05) is 0 Å². The maximum absolute atomic E-state index is 5.82. The Morgan fingerprint density at radius 2 is 1.76 bits per heavy atom. The molecule has 0 radical (unpaired) electrons. The Kier molecular flexibility index (Phi) is 4.04. The molecule has 3 heteroatoms. The van der Waals surface area contributed by atoms with Crippen molar-refractivity contribution in [2.75, 3.05) is 25.6 Å². The molecule has 0 aliphatic heterocycles. The largest absolute Gasteiger partial charge is 0.495 e. The van der Waals surface area contributed by atoms with Crippen LogP contribution in [0.3, 0.4) is 0 Å². The summed E-state index contributed by atoms with van der Waals surface area (Å²) in [6.45, 7) is 9.06. The average Bonchev–Trinajstić information content (AvgIpc) is 2.31. The summed E-state index contributed by atoms with van der Waals surface area (Å²) in [6.07, 6.45) is 0. The zero-order valence-corrected chi connectivity index (χ0v) is 11.8. The molecule has 0 aromatic heterocycles. The molecule has 96 valence electrons. The minimum Gasteiger partial charge on any atom is -0.495 e. The molecule has 0 saturated carbocycles. The van der Waals surface area contributed by atoms with E-state index in [1.165, 1.54) is 11.1 Å². The number of aryl methyl sites for hydroxylation is 2. The van der Waals surface area contributed by atoms with Crippen molar-refractivity contribution in [2.45, 2.75) is 33.2 Å². The Morgan fingerprint density at radius 1 is 1.24 bits per heavy atom. The number of benzene rings is 1. The molecule has 0 fully saturated rings. The molecule has 0 aliphatic carbocycles. The molecule has 1 rings (SSSR count). The number of nitrogens with zero attached hydrogens (tertiary/aromatic N) is 1. The van der Waals surface area contributed by atoms with Crippen LogP contribution in [0.15, 0.2) is 12.1 Å². The summed E-state index contributed by atoms with van der Waals surface area (Å²) in [5, 5.41) is 0. The van der Waals surface area contributed by atoms with E-state index in [1.54, 1.807) is 7.11 Å². The third kappa shape index (κ3) is 2.72. The molecule has 17 heavy (non-hydrogen) atoms. The lowest BCUT2D eigenvalue weighted by Crippen LogP contribution is -2.47. The second-order valence-corrected chi connectivity index (χ2v) is 5.18. The smallest absolute Gasteiger partial charge is 0.142 e. The van der Waals surface area contributed by atoms with Crippen molar-refractivity contribution in [1.82, 2.24) is 0 Å². The van der Waals surface area contributed by atoms with Crippen LogP contribution in [0.5, 0.6) is 5.75 Å². The lowest BCUT2D eigenvalue weighted by molar-refractivity contribution is 0.408. The van der Waals surface area contributed by atoms with Crippen LogP contribution in [0.1, 0.15) is 25.0 Å². The SMILES string of the molecule is COc1cc(C)c(C)cc1N(C)C(C)(C)CN. The summed E-state index contributed by atoms with van der Waals surface area (Å²) < 4.78 is 5.46. The summed E-state index contributed by atoms with van der Waals surface area (Å²) in [7, 11) is 3.76. The van der Waals surface area contributed by atoms with Crippen molar-refractivity contribution in [1.29, 1.82) is 0 Å². The maximum Gasteiger partial charge on any atom is 0.142 e. The van der Waals surface area contributed by atoms with Gasteiger partial charge in [-0.3, -0.25) is 0 Å². The molecular formula is C14H24N2O. The lowest BCUT2D eigenvalue weighted by Gasteiger charge is -2.37. The van der Waals surface area contributed by atoms with Gasteiger partial charge >= 0.3 is 0 Å². The van der Waals surface area contributed by atoms with Crippen LogP contribution in [-0.2, 0) is 0 Å². The molecule has 0 spiro atoms. The zero-order chi connectivity index (χ0) is 13.2. The van der Waals surface area contributed by atoms with Gasteiger partial charge < -0.3 is 15.4 Å².